The van der Waals surface area contributed by atoms with Gasteiger partial charge < -0.3 is 63.7 Å². The quantitative estimate of drug-likeness (QED) is 0.0129. The van der Waals surface area contributed by atoms with Gasteiger partial charge in [-0.05, 0) is 64.7 Å². The number of hydrogen-bond donors (Lipinski definition) is 7. The third-order valence-corrected chi connectivity index (χ3v) is 17.6. The Balaban J connectivity index is 2.39. The SMILES string of the molecule is CCCCCC/C=C/CCCCCCCCCC(=O)NC1C(OCC2OC(OP(=O)(O)O)C(NC(=O)CC(=O)CCCCCCCCCCC)C(OCCCCCCCCCC)C2O)OC(C)C(OP(=O)(O)O)C1OCCC(CCCCCCC)OC. The number of allylic oxidation sites excluding steroid dienone is 2. The highest BCUT2D eigenvalue weighted by molar-refractivity contribution is 7.46. The second kappa shape index (κ2) is 50.8. The summed E-state index contributed by atoms with van der Waals surface area (Å²) in [7, 11) is -8.94. The number of carbonyl (C=O) groups excluding carboxylic acids is 3. The Morgan fingerprint density at radius 2 is 0.943 bits per heavy atom. The Labute approximate surface area is 525 Å². The normalized spacial score (nSPS) is 23.1. The molecule has 11 unspecified atom stereocenters. The molecule has 0 saturated carbocycles. The predicted molar refractivity (Wildman–Crippen MR) is 341 cm³/mol. The molecule has 20 nitrogen and oxygen atoms in total. The van der Waals surface area contributed by atoms with Crippen molar-refractivity contribution in [3.05, 3.63) is 12.2 Å². The van der Waals surface area contributed by atoms with Crippen molar-refractivity contribution in [3.63, 3.8) is 0 Å². The summed E-state index contributed by atoms with van der Waals surface area (Å²) < 4.78 is 73.2. The number of carbonyl (C=O) groups is 3. The van der Waals surface area contributed by atoms with Crippen LogP contribution in [0.25, 0.3) is 0 Å². The zero-order chi connectivity index (χ0) is 64.0. The number of methoxy groups -OCH3 is 1. The third kappa shape index (κ3) is 40.1. The lowest BCUT2D eigenvalue weighted by Gasteiger charge is -2.47. The van der Waals surface area contributed by atoms with Crippen LogP contribution < -0.4 is 10.6 Å². The lowest BCUT2D eigenvalue weighted by atomic mass is 9.95. The summed E-state index contributed by atoms with van der Waals surface area (Å²) in [5, 5.41) is 17.8. The van der Waals surface area contributed by atoms with E-state index in [2.05, 4.69) is 50.5 Å². The number of amides is 2. The minimum atomic E-state index is -5.37. The van der Waals surface area contributed by atoms with Gasteiger partial charge in [-0.3, -0.25) is 23.4 Å². The van der Waals surface area contributed by atoms with E-state index in [1.165, 1.54) is 64.7 Å². The second-order valence-electron chi connectivity index (χ2n) is 24.5. The van der Waals surface area contributed by atoms with Crippen LogP contribution in [0.5, 0.6) is 0 Å². The van der Waals surface area contributed by atoms with Crippen molar-refractivity contribution in [2.45, 2.75) is 359 Å². The molecule has 512 valence electrons. The van der Waals surface area contributed by atoms with Gasteiger partial charge in [-0.2, -0.15) is 0 Å². The molecule has 2 aliphatic heterocycles. The van der Waals surface area contributed by atoms with E-state index < -0.39 is 102 Å². The second-order valence-corrected chi connectivity index (χ2v) is 26.9. The van der Waals surface area contributed by atoms with Crippen molar-refractivity contribution in [2.24, 2.45) is 0 Å². The first-order chi connectivity index (χ1) is 41.9. The van der Waals surface area contributed by atoms with Crippen LogP contribution in [-0.2, 0) is 61.0 Å². The molecule has 0 spiro atoms. The maximum atomic E-state index is 14.0. The molecular formula is C65H124N2O18P2. The molecule has 87 heavy (non-hydrogen) atoms. The first-order valence-corrected chi connectivity index (χ1v) is 37.5. The molecule has 7 N–H and O–H groups in total. The molecule has 2 rings (SSSR count). The van der Waals surface area contributed by atoms with Gasteiger partial charge in [0.15, 0.2) is 12.6 Å². The topological polar surface area (TPSA) is 284 Å². The fourth-order valence-electron chi connectivity index (χ4n) is 11.5. The molecule has 0 bridgehead atoms. The maximum absolute atomic E-state index is 14.0. The molecule has 22 heteroatoms. The summed E-state index contributed by atoms with van der Waals surface area (Å²) in [5.74, 6) is -1.48. The number of rotatable bonds is 57. The number of Topliss-reactive ketones (excluding diaryl/α,β-unsaturated/α-hetero) is 1. The van der Waals surface area contributed by atoms with Gasteiger partial charge in [0.05, 0.1) is 25.2 Å². The first-order valence-electron chi connectivity index (χ1n) is 34.5. The number of aliphatic hydroxyl groups excluding tert-OH is 1. The molecule has 0 aromatic rings. The summed E-state index contributed by atoms with van der Waals surface area (Å²) in [6.45, 7) is 9.80. The van der Waals surface area contributed by atoms with E-state index >= 15 is 0 Å². The number of nitrogens with one attached hydrogen (secondary N) is 2. The highest BCUT2D eigenvalue weighted by atomic mass is 31.2. The zero-order valence-corrected chi connectivity index (χ0v) is 56.6. The lowest BCUT2D eigenvalue weighted by Crippen LogP contribution is -2.67. The summed E-state index contributed by atoms with van der Waals surface area (Å²) in [5.41, 5.74) is 0. The zero-order valence-electron chi connectivity index (χ0n) is 54.8. The Hall–Kier alpha value is -1.71. The number of phosphoric acid groups is 2. The van der Waals surface area contributed by atoms with Crippen LogP contribution in [0, 0.1) is 0 Å². The van der Waals surface area contributed by atoms with Crippen molar-refractivity contribution in [1.82, 2.24) is 10.6 Å². The lowest BCUT2D eigenvalue weighted by molar-refractivity contribution is -0.295. The molecule has 0 aromatic heterocycles. The van der Waals surface area contributed by atoms with Gasteiger partial charge in [-0.15, -0.1) is 0 Å². The van der Waals surface area contributed by atoms with Crippen LogP contribution in [0.3, 0.4) is 0 Å². The van der Waals surface area contributed by atoms with Crippen LogP contribution in [0.1, 0.15) is 291 Å². The molecule has 2 fully saturated rings. The molecule has 0 aliphatic carbocycles. The van der Waals surface area contributed by atoms with Gasteiger partial charge >= 0.3 is 15.6 Å². The van der Waals surface area contributed by atoms with Gasteiger partial charge in [0.25, 0.3) is 0 Å². The smallest absolute Gasteiger partial charge is 0.388 e. The monoisotopic (exact) mass is 1280 g/mol. The predicted octanol–water partition coefficient (Wildman–Crippen LogP) is 14.0. The minimum absolute atomic E-state index is 0.0436. The van der Waals surface area contributed by atoms with Crippen LogP contribution >= 0.6 is 15.6 Å². The van der Waals surface area contributed by atoms with Crippen LogP contribution in [0.2, 0.25) is 0 Å². The standard InChI is InChI=1S/C65H124N2O18P2/c1-7-11-15-19-22-25-26-27-28-29-30-32-34-38-42-46-56(69)66-59-63(80-49-47-54(78-6)45-41-36-18-14-10-4)61(84-86(72,73)74)52(5)82-64(59)81-51-55-60(71)62(79-48-43-39-35-24-21-17-13-9-3)58(65(83-55)85-87(75,76)77)67-57(70)50-53(68)44-40-37-33-31-23-20-16-12-8-2/h25-26,52,54-55,58-65,71H,7-24,27-51H2,1-6H3,(H,66,69)(H,67,70)(H2,72,73,74)(H2,75,76,77)/b26-25+. The van der Waals surface area contributed by atoms with Crippen molar-refractivity contribution in [2.75, 3.05) is 26.9 Å². The Morgan fingerprint density at radius 3 is 1.47 bits per heavy atom. The molecule has 0 radical (unpaired) electrons. The largest absolute Gasteiger partial charge is 0.472 e. The van der Waals surface area contributed by atoms with Crippen molar-refractivity contribution < 1.29 is 85.7 Å². The molecule has 2 amide bonds. The Kier molecular flexibility index (Phi) is 47.5. The van der Waals surface area contributed by atoms with Gasteiger partial charge in [0, 0.05) is 33.2 Å². The van der Waals surface area contributed by atoms with Crippen LogP contribution in [0.15, 0.2) is 12.2 Å². The van der Waals surface area contributed by atoms with E-state index in [9.17, 15) is 48.2 Å². The van der Waals surface area contributed by atoms with Crippen molar-refractivity contribution in [1.29, 1.82) is 0 Å². The average Bonchev–Trinajstić information content (AvgIpc) is 2.14. The molecule has 11 atom stereocenters. The van der Waals surface area contributed by atoms with E-state index in [4.69, 9.17) is 37.5 Å². The van der Waals surface area contributed by atoms with Gasteiger partial charge in [-0.25, -0.2) is 9.13 Å². The first kappa shape index (κ1) is 81.4. The van der Waals surface area contributed by atoms with E-state index in [-0.39, 0.29) is 37.9 Å². The average molecular weight is 1280 g/mol. The maximum Gasteiger partial charge on any atom is 0.472 e. The van der Waals surface area contributed by atoms with E-state index in [0.29, 0.717) is 25.7 Å². The number of ether oxygens (including phenoxy) is 6. The summed E-state index contributed by atoms with van der Waals surface area (Å²) >= 11 is 0. The fourth-order valence-corrected chi connectivity index (χ4v) is 12.6. The number of hydrogen-bond acceptors (Lipinski definition) is 14. The molecule has 2 aliphatic rings. The number of aliphatic hydroxyl groups is 1. The molecule has 0 aromatic carbocycles. The summed E-state index contributed by atoms with van der Waals surface area (Å²) in [6, 6.07) is -2.76. The highest BCUT2D eigenvalue weighted by Crippen LogP contribution is 2.44. The Bertz CT molecular complexity index is 1860. The van der Waals surface area contributed by atoms with E-state index in [1.807, 2.05) is 0 Å². The fraction of sp³-hybridized carbons (Fsp3) is 0.923. The number of phosphoric ester groups is 2. The third-order valence-electron chi connectivity index (χ3n) is 16.6. The minimum Gasteiger partial charge on any atom is -0.388 e. The van der Waals surface area contributed by atoms with Gasteiger partial charge in [-0.1, -0.05) is 220 Å². The highest BCUT2D eigenvalue weighted by Gasteiger charge is 2.52. The van der Waals surface area contributed by atoms with E-state index in [0.717, 1.165) is 154 Å². The van der Waals surface area contributed by atoms with Crippen LogP contribution in [-0.4, -0.2) is 137 Å². The molecule has 2 saturated heterocycles. The number of unbranched alkanes of at least 4 members (excludes halogenated alkanes) is 30. The van der Waals surface area contributed by atoms with Crippen LogP contribution in [0.4, 0.5) is 0 Å². The van der Waals surface area contributed by atoms with Gasteiger partial charge in [0.1, 0.15) is 48.4 Å². The van der Waals surface area contributed by atoms with Gasteiger partial charge in [0.2, 0.25) is 11.8 Å². The summed E-state index contributed by atoms with van der Waals surface area (Å²) in [6.07, 6.45) is 30.4. The van der Waals surface area contributed by atoms with Crippen molar-refractivity contribution >= 4 is 33.2 Å². The molecular weight excluding hydrogens is 1160 g/mol. The summed E-state index contributed by atoms with van der Waals surface area (Å²) in [4.78, 5) is 81.7. The number of ketones is 1. The van der Waals surface area contributed by atoms with E-state index in [1.54, 1.807) is 7.11 Å². The Morgan fingerprint density at radius 1 is 0.494 bits per heavy atom. The van der Waals surface area contributed by atoms with Crippen molar-refractivity contribution in [3.8, 4) is 0 Å². The molecule has 2 heterocycles.